The highest BCUT2D eigenvalue weighted by atomic mass is 32.2. The molecule has 6 heteroatoms. The van der Waals surface area contributed by atoms with Crippen molar-refractivity contribution in [2.75, 3.05) is 13.7 Å². The number of hydrogen-bond acceptors (Lipinski definition) is 5. The summed E-state index contributed by atoms with van der Waals surface area (Å²) in [4.78, 5) is 31.0. The molecule has 1 aliphatic heterocycles. The Labute approximate surface area is 170 Å². The lowest BCUT2D eigenvalue weighted by molar-refractivity contribution is -0.143. The van der Waals surface area contributed by atoms with Crippen LogP contribution in [0.4, 0.5) is 0 Å². The van der Waals surface area contributed by atoms with Gasteiger partial charge in [-0.05, 0) is 30.0 Å². The van der Waals surface area contributed by atoms with Crippen molar-refractivity contribution in [3.63, 3.8) is 0 Å². The van der Waals surface area contributed by atoms with E-state index in [1.807, 2.05) is 17.2 Å². The van der Waals surface area contributed by atoms with Crippen LogP contribution < -0.4 is 0 Å². The number of pyridine rings is 1. The second kappa shape index (κ2) is 8.78. The van der Waals surface area contributed by atoms with Gasteiger partial charge < -0.3 is 9.64 Å². The molecule has 1 aromatic carbocycles. The van der Waals surface area contributed by atoms with Gasteiger partial charge in [0.1, 0.15) is 5.37 Å². The van der Waals surface area contributed by atoms with Crippen LogP contribution in [0.3, 0.4) is 0 Å². The molecule has 2 heterocycles. The maximum absolute atomic E-state index is 13.0. The molecule has 28 heavy (non-hydrogen) atoms. The predicted octanol–water partition coefficient (Wildman–Crippen LogP) is 4.22. The van der Waals surface area contributed by atoms with Crippen molar-refractivity contribution in [3.8, 4) is 11.1 Å². The van der Waals surface area contributed by atoms with Gasteiger partial charge in [0.05, 0.1) is 18.8 Å². The number of aryl methyl sites for hydroxylation is 1. The summed E-state index contributed by atoms with van der Waals surface area (Å²) in [7, 11) is 1.35. The molecule has 1 fully saturated rings. The maximum Gasteiger partial charge on any atom is 0.307 e. The third kappa shape index (κ3) is 4.38. The number of hydrogen-bond donors (Lipinski definition) is 0. The second-order valence-electron chi connectivity index (χ2n) is 7.47. The Morgan fingerprint density at radius 2 is 1.96 bits per heavy atom. The average Bonchev–Trinajstić information content (AvgIpc) is 2.97. The molecule has 0 spiro atoms. The minimum atomic E-state index is -0.428. The number of carbonyl (C=O) groups excluding carboxylic acids is 2. The Balaban J connectivity index is 1.99. The maximum atomic E-state index is 13.0. The summed E-state index contributed by atoms with van der Waals surface area (Å²) >= 11 is 1.51. The van der Waals surface area contributed by atoms with Crippen LogP contribution in [0.5, 0.6) is 0 Å². The predicted molar refractivity (Wildman–Crippen MR) is 112 cm³/mol. The topological polar surface area (TPSA) is 59.5 Å². The molecule has 5 nitrogen and oxygen atoms in total. The highest BCUT2D eigenvalue weighted by Gasteiger charge is 2.43. The Hall–Kier alpha value is -2.34. The smallest absolute Gasteiger partial charge is 0.307 e. The molecule has 0 aliphatic carbocycles. The molecule has 0 bridgehead atoms. The average molecular weight is 399 g/mol. The minimum absolute atomic E-state index is 0.00666. The van der Waals surface area contributed by atoms with E-state index in [0.29, 0.717) is 12.5 Å². The van der Waals surface area contributed by atoms with Gasteiger partial charge in [-0.25, -0.2) is 0 Å². The van der Waals surface area contributed by atoms with Gasteiger partial charge in [0.15, 0.2) is 0 Å². The van der Waals surface area contributed by atoms with Crippen LogP contribution in [-0.2, 0) is 14.3 Å². The fourth-order valence-electron chi connectivity index (χ4n) is 3.38. The molecular formula is C22H26N2O3S. The van der Waals surface area contributed by atoms with Gasteiger partial charge >= 0.3 is 5.97 Å². The van der Waals surface area contributed by atoms with Gasteiger partial charge in [0.25, 0.3) is 0 Å². The van der Waals surface area contributed by atoms with Gasteiger partial charge in [-0.3, -0.25) is 14.6 Å². The number of methoxy groups -OCH3 is 1. The van der Waals surface area contributed by atoms with Crippen molar-refractivity contribution in [1.82, 2.24) is 9.88 Å². The zero-order valence-electron chi connectivity index (χ0n) is 16.7. The second-order valence-corrected chi connectivity index (χ2v) is 8.76. The van der Waals surface area contributed by atoms with E-state index in [1.165, 1.54) is 24.4 Å². The molecule has 0 radical (unpaired) electrons. The van der Waals surface area contributed by atoms with Crippen LogP contribution in [0.2, 0.25) is 0 Å². The molecule has 1 aromatic heterocycles. The van der Waals surface area contributed by atoms with E-state index in [1.54, 1.807) is 6.20 Å². The minimum Gasteiger partial charge on any atom is -0.469 e. The van der Waals surface area contributed by atoms with Crippen molar-refractivity contribution in [2.24, 2.45) is 5.92 Å². The monoisotopic (exact) mass is 398 g/mol. The number of benzene rings is 1. The largest absolute Gasteiger partial charge is 0.469 e. The molecular weight excluding hydrogens is 372 g/mol. The third-order valence-electron chi connectivity index (χ3n) is 4.76. The number of nitrogens with zero attached hydrogens (tertiary/aromatic N) is 2. The molecule has 0 N–H and O–H groups in total. The molecule has 3 rings (SSSR count). The number of carbonyl (C=O) groups is 2. The van der Waals surface area contributed by atoms with Crippen LogP contribution in [0, 0.1) is 12.8 Å². The number of rotatable bonds is 6. The molecule has 2 atom stereocenters. The molecule has 1 amide bonds. The van der Waals surface area contributed by atoms with Gasteiger partial charge in [0, 0.05) is 24.5 Å². The summed E-state index contributed by atoms with van der Waals surface area (Å²) in [6.45, 7) is 6.88. The Morgan fingerprint density at radius 3 is 2.61 bits per heavy atom. The SMILES string of the molecule is COC(=O)CC1SC(c2cnccc2-c2ccc(C)cc2)N(CC(C)C)C1=O. The quantitative estimate of drug-likeness (QED) is 0.682. The van der Waals surface area contributed by atoms with Crippen molar-refractivity contribution >= 4 is 23.6 Å². The van der Waals surface area contributed by atoms with E-state index in [-0.39, 0.29) is 23.7 Å². The molecule has 2 aromatic rings. The third-order valence-corrected chi connectivity index (χ3v) is 6.22. The lowest BCUT2D eigenvalue weighted by Crippen LogP contribution is -2.35. The lowest BCUT2D eigenvalue weighted by atomic mass is 10.00. The van der Waals surface area contributed by atoms with Crippen molar-refractivity contribution < 1.29 is 14.3 Å². The highest BCUT2D eigenvalue weighted by molar-refractivity contribution is 8.01. The van der Waals surface area contributed by atoms with Gasteiger partial charge in [0.2, 0.25) is 5.91 Å². The standard InChI is InChI=1S/C22H26N2O3S/c1-14(2)13-24-21(26)19(11-20(25)27-4)28-22(24)18-12-23-10-9-17(18)16-7-5-15(3)6-8-16/h5-10,12,14,19,22H,11,13H2,1-4H3. The van der Waals surface area contributed by atoms with Crippen molar-refractivity contribution in [3.05, 3.63) is 53.9 Å². The Morgan fingerprint density at radius 1 is 1.25 bits per heavy atom. The van der Waals surface area contributed by atoms with E-state index in [4.69, 9.17) is 4.74 Å². The van der Waals surface area contributed by atoms with E-state index in [9.17, 15) is 9.59 Å². The fraction of sp³-hybridized carbons (Fsp3) is 0.409. The van der Waals surface area contributed by atoms with Crippen LogP contribution in [0.1, 0.15) is 36.8 Å². The first-order valence-corrected chi connectivity index (χ1v) is 10.4. The van der Waals surface area contributed by atoms with Crippen LogP contribution in [0.15, 0.2) is 42.7 Å². The number of amides is 1. The molecule has 2 unspecified atom stereocenters. The molecule has 1 aliphatic rings. The van der Waals surface area contributed by atoms with Gasteiger partial charge in [-0.15, -0.1) is 11.8 Å². The van der Waals surface area contributed by atoms with Crippen LogP contribution in [0.25, 0.3) is 11.1 Å². The first-order valence-electron chi connectivity index (χ1n) is 9.44. The molecule has 0 saturated carbocycles. The lowest BCUT2D eigenvalue weighted by Gasteiger charge is -2.27. The summed E-state index contributed by atoms with van der Waals surface area (Å²) in [5, 5.41) is -0.600. The molecule has 1 saturated heterocycles. The summed E-state index contributed by atoms with van der Waals surface area (Å²) < 4.78 is 4.79. The number of esters is 1. The highest BCUT2D eigenvalue weighted by Crippen LogP contribution is 2.47. The first kappa shape index (κ1) is 20.4. The number of ether oxygens (including phenoxy) is 1. The van der Waals surface area contributed by atoms with Gasteiger partial charge in [-0.2, -0.15) is 0 Å². The van der Waals surface area contributed by atoms with Crippen molar-refractivity contribution in [2.45, 2.75) is 37.8 Å². The summed E-state index contributed by atoms with van der Waals surface area (Å²) in [6.07, 6.45) is 3.71. The van der Waals surface area contributed by atoms with Gasteiger partial charge in [-0.1, -0.05) is 43.7 Å². The summed E-state index contributed by atoms with van der Waals surface area (Å²) in [5.41, 5.74) is 4.35. The van der Waals surface area contributed by atoms with Crippen LogP contribution in [-0.4, -0.2) is 40.7 Å². The summed E-state index contributed by atoms with van der Waals surface area (Å²) in [5.74, 6) is -0.0443. The Kier molecular flexibility index (Phi) is 6.39. The van der Waals surface area contributed by atoms with Crippen LogP contribution >= 0.6 is 11.8 Å². The van der Waals surface area contributed by atoms with E-state index in [2.05, 4.69) is 50.0 Å². The zero-order valence-corrected chi connectivity index (χ0v) is 17.5. The fourth-order valence-corrected chi connectivity index (χ4v) is 4.84. The first-order chi connectivity index (χ1) is 13.4. The van der Waals surface area contributed by atoms with Crippen molar-refractivity contribution in [1.29, 1.82) is 0 Å². The number of thioether (sulfide) groups is 1. The zero-order chi connectivity index (χ0) is 20.3. The Bertz CT molecular complexity index is 851. The van der Waals surface area contributed by atoms with E-state index >= 15 is 0 Å². The molecule has 148 valence electrons. The van der Waals surface area contributed by atoms with E-state index in [0.717, 1.165) is 16.7 Å². The number of aromatic nitrogens is 1. The van der Waals surface area contributed by atoms with E-state index < -0.39 is 5.25 Å². The normalized spacial score (nSPS) is 19.3. The summed E-state index contributed by atoms with van der Waals surface area (Å²) in [6, 6.07) is 10.3.